The maximum absolute atomic E-state index is 9.49. The van der Waals surface area contributed by atoms with Crippen LogP contribution in [0.5, 0.6) is 0 Å². The summed E-state index contributed by atoms with van der Waals surface area (Å²) in [6.45, 7) is 5.15. The molecular formula is C16H18N2OS. The second-order valence-corrected chi connectivity index (χ2v) is 6.18. The number of fused-ring (bicyclic) bond motifs is 1. The molecule has 2 aromatic heterocycles. The predicted octanol–water partition coefficient (Wildman–Crippen LogP) is 3.76. The van der Waals surface area contributed by atoms with Crippen molar-refractivity contribution in [1.82, 2.24) is 9.55 Å². The monoisotopic (exact) mass is 286 g/mol. The maximum atomic E-state index is 9.49. The SMILES string of the molecule is CC(C)c1nc(Cn2ccc3cccc(CO)c32)cs1. The van der Waals surface area contributed by atoms with Crippen LogP contribution in [0.2, 0.25) is 0 Å². The van der Waals surface area contributed by atoms with Crippen LogP contribution in [0, 0.1) is 0 Å². The van der Waals surface area contributed by atoms with Crippen molar-refractivity contribution in [3.05, 3.63) is 52.1 Å². The Bertz CT molecular complexity index is 727. The summed E-state index contributed by atoms with van der Waals surface area (Å²) in [7, 11) is 0. The van der Waals surface area contributed by atoms with E-state index >= 15 is 0 Å². The second kappa shape index (κ2) is 5.38. The summed E-state index contributed by atoms with van der Waals surface area (Å²) in [5, 5.41) is 14.0. The molecule has 104 valence electrons. The van der Waals surface area contributed by atoms with Crippen LogP contribution < -0.4 is 0 Å². The summed E-state index contributed by atoms with van der Waals surface area (Å²) in [4.78, 5) is 4.68. The van der Waals surface area contributed by atoms with Gasteiger partial charge in [0, 0.05) is 23.1 Å². The van der Waals surface area contributed by atoms with Crippen LogP contribution in [-0.2, 0) is 13.2 Å². The van der Waals surface area contributed by atoms with Crippen molar-refractivity contribution < 1.29 is 5.11 Å². The zero-order valence-corrected chi connectivity index (χ0v) is 12.5. The lowest BCUT2D eigenvalue weighted by molar-refractivity contribution is 0.283. The number of hydrogen-bond acceptors (Lipinski definition) is 3. The van der Waals surface area contributed by atoms with E-state index in [1.165, 1.54) is 5.01 Å². The fourth-order valence-electron chi connectivity index (χ4n) is 2.44. The molecule has 0 radical (unpaired) electrons. The summed E-state index contributed by atoms with van der Waals surface area (Å²) in [6.07, 6.45) is 2.07. The molecule has 0 aliphatic carbocycles. The first-order chi connectivity index (χ1) is 9.69. The van der Waals surface area contributed by atoms with E-state index in [9.17, 15) is 5.11 Å². The van der Waals surface area contributed by atoms with Crippen molar-refractivity contribution in [2.75, 3.05) is 0 Å². The van der Waals surface area contributed by atoms with Crippen molar-refractivity contribution in [3.63, 3.8) is 0 Å². The maximum Gasteiger partial charge on any atom is 0.0954 e. The molecule has 20 heavy (non-hydrogen) atoms. The Balaban J connectivity index is 1.97. The average molecular weight is 286 g/mol. The van der Waals surface area contributed by atoms with Crippen molar-refractivity contribution in [2.45, 2.75) is 32.9 Å². The lowest BCUT2D eigenvalue weighted by Gasteiger charge is -2.07. The highest BCUT2D eigenvalue weighted by molar-refractivity contribution is 7.09. The number of nitrogens with zero attached hydrogens (tertiary/aromatic N) is 2. The first kappa shape index (κ1) is 13.3. The van der Waals surface area contributed by atoms with Gasteiger partial charge in [-0.3, -0.25) is 0 Å². The lowest BCUT2D eigenvalue weighted by Crippen LogP contribution is -2.01. The van der Waals surface area contributed by atoms with Gasteiger partial charge in [-0.2, -0.15) is 0 Å². The van der Waals surface area contributed by atoms with Gasteiger partial charge in [0.05, 0.1) is 29.4 Å². The Labute approximate surface area is 122 Å². The topological polar surface area (TPSA) is 38.0 Å². The van der Waals surface area contributed by atoms with Gasteiger partial charge < -0.3 is 9.67 Å². The van der Waals surface area contributed by atoms with Gasteiger partial charge in [-0.1, -0.05) is 32.0 Å². The van der Waals surface area contributed by atoms with E-state index in [4.69, 9.17) is 0 Å². The van der Waals surface area contributed by atoms with E-state index in [1.807, 2.05) is 12.1 Å². The van der Waals surface area contributed by atoms with E-state index in [1.54, 1.807) is 11.3 Å². The highest BCUT2D eigenvalue weighted by atomic mass is 32.1. The first-order valence-corrected chi connectivity index (χ1v) is 7.69. The number of aliphatic hydroxyl groups excluding tert-OH is 1. The fourth-order valence-corrected chi connectivity index (χ4v) is 3.26. The molecule has 0 fully saturated rings. The normalized spacial score (nSPS) is 11.6. The van der Waals surface area contributed by atoms with Crippen LogP contribution in [0.3, 0.4) is 0 Å². The zero-order chi connectivity index (χ0) is 14.1. The third-order valence-electron chi connectivity index (χ3n) is 3.44. The van der Waals surface area contributed by atoms with Crippen molar-refractivity contribution in [3.8, 4) is 0 Å². The molecule has 0 unspecified atom stereocenters. The summed E-state index contributed by atoms with van der Waals surface area (Å²) < 4.78 is 2.17. The van der Waals surface area contributed by atoms with E-state index in [0.29, 0.717) is 5.92 Å². The van der Waals surface area contributed by atoms with Crippen molar-refractivity contribution >= 4 is 22.2 Å². The van der Waals surface area contributed by atoms with Gasteiger partial charge >= 0.3 is 0 Å². The molecule has 0 spiro atoms. The largest absolute Gasteiger partial charge is 0.392 e. The molecule has 0 aliphatic heterocycles. The molecule has 1 aromatic carbocycles. The van der Waals surface area contributed by atoms with Gasteiger partial charge in [0.25, 0.3) is 0 Å². The van der Waals surface area contributed by atoms with Crippen LogP contribution in [-0.4, -0.2) is 14.7 Å². The van der Waals surface area contributed by atoms with Gasteiger partial charge in [0.1, 0.15) is 0 Å². The minimum absolute atomic E-state index is 0.0651. The Morgan fingerprint density at radius 3 is 2.85 bits per heavy atom. The predicted molar refractivity (Wildman–Crippen MR) is 83.2 cm³/mol. The number of hydrogen-bond donors (Lipinski definition) is 1. The van der Waals surface area contributed by atoms with Crippen LogP contribution in [0.1, 0.15) is 36.0 Å². The fraction of sp³-hybridized carbons (Fsp3) is 0.312. The Morgan fingerprint density at radius 1 is 1.30 bits per heavy atom. The molecule has 0 aliphatic rings. The number of aliphatic hydroxyl groups is 1. The Morgan fingerprint density at radius 2 is 2.15 bits per heavy atom. The molecule has 0 atom stereocenters. The molecule has 4 heteroatoms. The molecule has 0 amide bonds. The van der Waals surface area contributed by atoms with Crippen LogP contribution in [0.15, 0.2) is 35.8 Å². The zero-order valence-electron chi connectivity index (χ0n) is 11.7. The highest BCUT2D eigenvalue weighted by Crippen LogP contribution is 2.23. The van der Waals surface area contributed by atoms with Crippen LogP contribution in [0.25, 0.3) is 10.9 Å². The number of aromatic nitrogens is 2. The summed E-state index contributed by atoms with van der Waals surface area (Å²) in [5.74, 6) is 0.475. The van der Waals surface area contributed by atoms with Gasteiger partial charge in [0.2, 0.25) is 0 Å². The van der Waals surface area contributed by atoms with Gasteiger partial charge in [0.15, 0.2) is 0 Å². The Kier molecular flexibility index (Phi) is 3.59. The minimum atomic E-state index is 0.0651. The van der Waals surface area contributed by atoms with Crippen molar-refractivity contribution in [2.24, 2.45) is 0 Å². The molecule has 0 saturated carbocycles. The summed E-state index contributed by atoms with van der Waals surface area (Å²) in [6, 6.07) is 8.12. The summed E-state index contributed by atoms with van der Waals surface area (Å²) >= 11 is 1.72. The molecule has 3 aromatic rings. The van der Waals surface area contributed by atoms with E-state index in [0.717, 1.165) is 28.7 Å². The van der Waals surface area contributed by atoms with E-state index in [-0.39, 0.29) is 6.61 Å². The molecular weight excluding hydrogens is 268 g/mol. The molecule has 2 heterocycles. The molecule has 0 bridgehead atoms. The summed E-state index contributed by atoms with van der Waals surface area (Å²) in [5.41, 5.74) is 3.16. The second-order valence-electron chi connectivity index (χ2n) is 5.29. The standard InChI is InChI=1S/C16H18N2OS/c1-11(2)16-17-14(10-20-16)8-18-7-6-12-4-3-5-13(9-19)15(12)18/h3-7,10-11,19H,8-9H2,1-2H3. The minimum Gasteiger partial charge on any atom is -0.392 e. The van der Waals surface area contributed by atoms with Crippen LogP contribution >= 0.6 is 11.3 Å². The molecule has 1 N–H and O–H groups in total. The third kappa shape index (κ3) is 2.37. The quantitative estimate of drug-likeness (QED) is 0.793. The smallest absolute Gasteiger partial charge is 0.0954 e. The Hall–Kier alpha value is -1.65. The number of thiazole rings is 1. The molecule has 0 saturated heterocycles. The first-order valence-electron chi connectivity index (χ1n) is 6.81. The van der Waals surface area contributed by atoms with E-state index < -0.39 is 0 Å². The van der Waals surface area contributed by atoms with E-state index in [2.05, 4.69) is 47.1 Å². The molecule has 3 rings (SSSR count). The third-order valence-corrected chi connectivity index (χ3v) is 4.63. The van der Waals surface area contributed by atoms with Gasteiger partial charge in [-0.05, 0) is 11.5 Å². The van der Waals surface area contributed by atoms with Crippen LogP contribution in [0.4, 0.5) is 0 Å². The number of para-hydroxylation sites is 1. The highest BCUT2D eigenvalue weighted by Gasteiger charge is 2.09. The number of benzene rings is 1. The lowest BCUT2D eigenvalue weighted by atomic mass is 10.1. The van der Waals surface area contributed by atoms with Crippen molar-refractivity contribution in [1.29, 1.82) is 0 Å². The van der Waals surface area contributed by atoms with Gasteiger partial charge in [-0.25, -0.2) is 4.98 Å². The number of rotatable bonds is 4. The molecule has 3 nitrogen and oxygen atoms in total. The van der Waals surface area contributed by atoms with Gasteiger partial charge in [-0.15, -0.1) is 11.3 Å². The average Bonchev–Trinajstić information content (AvgIpc) is 3.06.